The van der Waals surface area contributed by atoms with Gasteiger partial charge in [0.2, 0.25) is 0 Å². The number of pyridine rings is 1. The summed E-state index contributed by atoms with van der Waals surface area (Å²) in [5, 5.41) is 0. The van der Waals surface area contributed by atoms with E-state index < -0.39 is 0 Å². The fourth-order valence-corrected chi connectivity index (χ4v) is 1.72. The van der Waals surface area contributed by atoms with Crippen LogP contribution in [0.3, 0.4) is 0 Å². The highest BCUT2D eigenvalue weighted by molar-refractivity contribution is 9.10. The molecule has 4 heteroatoms. The molecular formula is C13H10BrNO2. The smallest absolute Gasteiger partial charge is 0.168 e. The number of ether oxygens (including phenoxy) is 1. The van der Waals surface area contributed by atoms with Gasteiger partial charge in [-0.1, -0.05) is 34.1 Å². The second-order valence-corrected chi connectivity index (χ2v) is 4.27. The molecule has 0 atom stereocenters. The van der Waals surface area contributed by atoms with Crippen molar-refractivity contribution in [2.45, 2.75) is 6.61 Å². The van der Waals surface area contributed by atoms with Crippen LogP contribution in [0.4, 0.5) is 0 Å². The summed E-state index contributed by atoms with van der Waals surface area (Å²) in [7, 11) is 0. The second-order valence-electron chi connectivity index (χ2n) is 3.42. The lowest BCUT2D eigenvalue weighted by Crippen LogP contribution is -1.97. The fourth-order valence-electron chi connectivity index (χ4n) is 1.32. The first-order valence-corrected chi connectivity index (χ1v) is 5.86. The predicted molar refractivity (Wildman–Crippen MR) is 68.1 cm³/mol. The van der Waals surface area contributed by atoms with Crippen molar-refractivity contribution >= 4 is 22.2 Å². The molecule has 17 heavy (non-hydrogen) atoms. The summed E-state index contributed by atoms with van der Waals surface area (Å²) in [5.41, 5.74) is 1.46. The van der Waals surface area contributed by atoms with E-state index in [2.05, 4.69) is 20.9 Å². The van der Waals surface area contributed by atoms with Crippen LogP contribution < -0.4 is 4.74 Å². The zero-order chi connectivity index (χ0) is 12.1. The summed E-state index contributed by atoms with van der Waals surface area (Å²) >= 11 is 3.45. The van der Waals surface area contributed by atoms with Crippen LogP contribution in [0.2, 0.25) is 0 Å². The third kappa shape index (κ3) is 3.14. The SMILES string of the molecule is O=Cc1ccc(OCc2ccccc2Br)cn1. The molecule has 0 spiro atoms. The lowest BCUT2D eigenvalue weighted by Gasteiger charge is -2.07. The van der Waals surface area contributed by atoms with Crippen molar-refractivity contribution in [2.75, 3.05) is 0 Å². The van der Waals surface area contributed by atoms with Gasteiger partial charge in [-0.15, -0.1) is 0 Å². The topological polar surface area (TPSA) is 39.2 Å². The minimum Gasteiger partial charge on any atom is -0.487 e. The van der Waals surface area contributed by atoms with Crippen LogP contribution in [-0.2, 0) is 6.61 Å². The maximum atomic E-state index is 10.4. The lowest BCUT2D eigenvalue weighted by atomic mass is 10.2. The molecule has 0 aliphatic rings. The highest BCUT2D eigenvalue weighted by Crippen LogP contribution is 2.18. The van der Waals surface area contributed by atoms with Gasteiger partial charge in [-0.2, -0.15) is 0 Å². The van der Waals surface area contributed by atoms with Crippen LogP contribution >= 0.6 is 15.9 Å². The van der Waals surface area contributed by atoms with E-state index >= 15 is 0 Å². The average Bonchev–Trinajstić information content (AvgIpc) is 2.38. The van der Waals surface area contributed by atoms with Crippen molar-refractivity contribution in [1.82, 2.24) is 4.98 Å². The summed E-state index contributed by atoms with van der Waals surface area (Å²) in [5.74, 6) is 0.645. The molecule has 86 valence electrons. The molecule has 0 fully saturated rings. The van der Waals surface area contributed by atoms with Gasteiger partial charge in [-0.05, 0) is 18.2 Å². The molecule has 0 radical (unpaired) electrons. The van der Waals surface area contributed by atoms with Crippen LogP contribution in [-0.4, -0.2) is 11.3 Å². The molecular weight excluding hydrogens is 282 g/mol. The van der Waals surface area contributed by atoms with Gasteiger partial charge in [0.15, 0.2) is 6.29 Å². The highest BCUT2D eigenvalue weighted by Gasteiger charge is 2.00. The van der Waals surface area contributed by atoms with E-state index in [1.54, 1.807) is 18.3 Å². The number of rotatable bonds is 4. The molecule has 0 unspecified atom stereocenters. The third-order valence-electron chi connectivity index (χ3n) is 2.23. The van der Waals surface area contributed by atoms with Gasteiger partial charge in [0, 0.05) is 10.0 Å². The first-order chi connectivity index (χ1) is 8.29. The largest absolute Gasteiger partial charge is 0.487 e. The molecule has 1 aromatic heterocycles. The van der Waals surface area contributed by atoms with E-state index in [4.69, 9.17) is 4.74 Å². The Balaban J connectivity index is 2.02. The van der Waals surface area contributed by atoms with E-state index in [9.17, 15) is 4.79 Å². The zero-order valence-electron chi connectivity index (χ0n) is 8.97. The number of hydrogen-bond donors (Lipinski definition) is 0. The Hall–Kier alpha value is -1.68. The second kappa shape index (κ2) is 5.59. The molecule has 1 heterocycles. The van der Waals surface area contributed by atoms with E-state index in [0.717, 1.165) is 10.0 Å². The van der Waals surface area contributed by atoms with Gasteiger partial charge in [0.05, 0.1) is 6.20 Å². The number of carbonyl (C=O) groups excluding carboxylic acids is 1. The third-order valence-corrected chi connectivity index (χ3v) is 3.01. The van der Waals surface area contributed by atoms with Crippen LogP contribution in [0.1, 0.15) is 16.1 Å². The number of carbonyl (C=O) groups is 1. The van der Waals surface area contributed by atoms with Crippen LogP contribution in [0.25, 0.3) is 0 Å². The van der Waals surface area contributed by atoms with Gasteiger partial charge in [0.1, 0.15) is 18.1 Å². The summed E-state index contributed by atoms with van der Waals surface area (Å²) < 4.78 is 6.58. The molecule has 1 aromatic carbocycles. The number of aldehydes is 1. The predicted octanol–water partition coefficient (Wildman–Crippen LogP) is 3.24. The van der Waals surface area contributed by atoms with Gasteiger partial charge in [0.25, 0.3) is 0 Å². The van der Waals surface area contributed by atoms with Crippen molar-refractivity contribution in [3.05, 3.63) is 58.3 Å². The van der Waals surface area contributed by atoms with Gasteiger partial charge in [-0.3, -0.25) is 4.79 Å². The normalized spacial score (nSPS) is 9.94. The molecule has 0 aliphatic heterocycles. The Morgan fingerprint density at radius 1 is 1.24 bits per heavy atom. The van der Waals surface area contributed by atoms with Crippen molar-refractivity contribution in [1.29, 1.82) is 0 Å². The number of halogens is 1. The van der Waals surface area contributed by atoms with Crippen LogP contribution in [0.5, 0.6) is 5.75 Å². The fraction of sp³-hybridized carbons (Fsp3) is 0.0769. The first-order valence-electron chi connectivity index (χ1n) is 5.07. The Morgan fingerprint density at radius 2 is 2.06 bits per heavy atom. The average molecular weight is 292 g/mol. The van der Waals surface area contributed by atoms with Gasteiger partial charge in [-0.25, -0.2) is 4.98 Å². The molecule has 0 N–H and O–H groups in total. The highest BCUT2D eigenvalue weighted by atomic mass is 79.9. The summed E-state index contributed by atoms with van der Waals surface area (Å²) in [6.07, 6.45) is 2.25. The van der Waals surface area contributed by atoms with E-state index in [1.807, 2.05) is 24.3 Å². The molecule has 0 saturated carbocycles. The summed E-state index contributed by atoms with van der Waals surface area (Å²) in [6, 6.07) is 11.2. The number of benzene rings is 1. The van der Waals surface area contributed by atoms with Crippen molar-refractivity contribution in [3.8, 4) is 5.75 Å². The Morgan fingerprint density at radius 3 is 2.71 bits per heavy atom. The molecule has 0 saturated heterocycles. The van der Waals surface area contributed by atoms with Crippen LogP contribution in [0, 0.1) is 0 Å². The Kier molecular flexibility index (Phi) is 3.88. The molecule has 0 aliphatic carbocycles. The number of hydrogen-bond acceptors (Lipinski definition) is 3. The van der Waals surface area contributed by atoms with Crippen molar-refractivity contribution in [2.24, 2.45) is 0 Å². The number of nitrogens with zero attached hydrogens (tertiary/aromatic N) is 1. The van der Waals surface area contributed by atoms with Gasteiger partial charge < -0.3 is 4.74 Å². The van der Waals surface area contributed by atoms with Crippen molar-refractivity contribution < 1.29 is 9.53 Å². The Bertz CT molecular complexity index is 511. The minimum absolute atomic E-state index is 0.401. The maximum Gasteiger partial charge on any atom is 0.168 e. The van der Waals surface area contributed by atoms with Crippen molar-refractivity contribution in [3.63, 3.8) is 0 Å². The number of aromatic nitrogens is 1. The summed E-state index contributed by atoms with van der Waals surface area (Å²) in [6.45, 7) is 0.462. The van der Waals surface area contributed by atoms with Crippen LogP contribution in [0.15, 0.2) is 47.1 Å². The standard InChI is InChI=1S/C13H10BrNO2/c14-13-4-2-1-3-10(13)9-17-12-6-5-11(8-16)15-7-12/h1-8H,9H2. The maximum absolute atomic E-state index is 10.4. The zero-order valence-corrected chi connectivity index (χ0v) is 10.6. The van der Waals surface area contributed by atoms with Gasteiger partial charge >= 0.3 is 0 Å². The molecule has 2 rings (SSSR count). The van der Waals surface area contributed by atoms with E-state index in [1.165, 1.54) is 0 Å². The quantitative estimate of drug-likeness (QED) is 0.812. The van der Waals surface area contributed by atoms with E-state index in [-0.39, 0.29) is 0 Å². The monoisotopic (exact) mass is 291 g/mol. The molecule has 0 amide bonds. The molecule has 2 aromatic rings. The minimum atomic E-state index is 0.401. The Labute approximate surface area is 108 Å². The molecule has 0 bridgehead atoms. The molecule has 3 nitrogen and oxygen atoms in total. The summed E-state index contributed by atoms with van der Waals surface area (Å²) in [4.78, 5) is 14.4. The van der Waals surface area contributed by atoms with E-state index in [0.29, 0.717) is 24.3 Å². The first kappa shape index (κ1) is 11.8. The lowest BCUT2D eigenvalue weighted by molar-refractivity contribution is 0.111.